The molecule has 2 atom stereocenters. The molecule has 2 saturated carbocycles. The number of anilines is 3. The van der Waals surface area contributed by atoms with E-state index in [0.717, 1.165) is 6.42 Å². The van der Waals surface area contributed by atoms with Gasteiger partial charge in [-0.05, 0) is 37.8 Å². The van der Waals surface area contributed by atoms with Crippen LogP contribution in [0.3, 0.4) is 0 Å². The molecular weight excluding hydrogens is 417 g/mol. The van der Waals surface area contributed by atoms with Crippen molar-refractivity contribution in [3.63, 3.8) is 0 Å². The van der Waals surface area contributed by atoms with Gasteiger partial charge in [-0.25, -0.2) is 9.37 Å². The van der Waals surface area contributed by atoms with Crippen LogP contribution < -0.4 is 21.5 Å². The molecule has 3 aromatic heterocycles. The fourth-order valence-corrected chi connectivity index (χ4v) is 4.04. The molecular formula is C21H24FN7O3. The summed E-state index contributed by atoms with van der Waals surface area (Å²) in [6.07, 6.45) is 3.74. The van der Waals surface area contributed by atoms with Crippen molar-refractivity contribution in [1.29, 1.82) is 0 Å². The van der Waals surface area contributed by atoms with E-state index in [4.69, 9.17) is 0 Å². The summed E-state index contributed by atoms with van der Waals surface area (Å²) in [6, 6.07) is 4.62. The summed E-state index contributed by atoms with van der Waals surface area (Å²) < 4.78 is 16.3. The molecule has 0 saturated heterocycles. The minimum Gasteiger partial charge on any atom is -0.391 e. The van der Waals surface area contributed by atoms with Crippen molar-refractivity contribution in [2.75, 3.05) is 17.7 Å². The average molecular weight is 441 g/mol. The summed E-state index contributed by atoms with van der Waals surface area (Å²) in [7, 11) is 1.71. The van der Waals surface area contributed by atoms with Crippen molar-refractivity contribution >= 4 is 28.9 Å². The summed E-state index contributed by atoms with van der Waals surface area (Å²) in [5.74, 6) is 0.547. The third-order valence-corrected chi connectivity index (χ3v) is 6.21. The number of amides is 1. The number of nitrogens with zero attached hydrogens (tertiary/aromatic N) is 4. The minimum atomic E-state index is -0.863. The molecule has 0 aromatic carbocycles. The van der Waals surface area contributed by atoms with Gasteiger partial charge in [-0.1, -0.05) is 0 Å². The maximum absolute atomic E-state index is 13.3. The van der Waals surface area contributed by atoms with Gasteiger partial charge in [0, 0.05) is 25.4 Å². The standard InChI is InChI=1S/C21H24FN7O3/c1-23-18-9-17(25-15-3-2-6-28(21(15)32)12-7-11(22)8-12)27-19-13(10-24-29(18)19)20(31)26-14-4-5-16(14)30/h2-3,6,9-12,14,16,23,30H,4-5,7-8H2,1H3,(H,25,27)(H,26,31). The Morgan fingerprint density at radius 1 is 1.31 bits per heavy atom. The van der Waals surface area contributed by atoms with Crippen LogP contribution in [-0.4, -0.2) is 55.5 Å². The number of aliphatic hydroxyl groups excluding tert-OH is 1. The van der Waals surface area contributed by atoms with Gasteiger partial charge in [-0.3, -0.25) is 9.59 Å². The molecule has 0 spiro atoms. The number of carbonyl (C=O) groups excluding carboxylic acids is 1. The second kappa shape index (κ2) is 7.90. The zero-order valence-corrected chi connectivity index (χ0v) is 17.5. The van der Waals surface area contributed by atoms with Gasteiger partial charge in [-0.15, -0.1) is 0 Å². The highest BCUT2D eigenvalue weighted by atomic mass is 19.1. The molecule has 4 N–H and O–H groups in total. The van der Waals surface area contributed by atoms with E-state index < -0.39 is 12.3 Å². The first-order valence-corrected chi connectivity index (χ1v) is 10.6. The van der Waals surface area contributed by atoms with Crippen molar-refractivity contribution in [3.8, 4) is 0 Å². The quantitative estimate of drug-likeness (QED) is 0.458. The van der Waals surface area contributed by atoms with Crippen LogP contribution in [-0.2, 0) is 0 Å². The molecule has 11 heteroatoms. The van der Waals surface area contributed by atoms with Crippen LogP contribution in [0.2, 0.25) is 0 Å². The highest BCUT2D eigenvalue weighted by Gasteiger charge is 2.32. The van der Waals surface area contributed by atoms with Crippen LogP contribution in [0, 0.1) is 0 Å². The van der Waals surface area contributed by atoms with E-state index in [1.807, 2.05) is 0 Å². The van der Waals surface area contributed by atoms with Crippen LogP contribution in [0.15, 0.2) is 35.4 Å². The highest BCUT2D eigenvalue weighted by molar-refractivity contribution is 6.00. The number of hydrogen-bond acceptors (Lipinski definition) is 7. The molecule has 2 aliphatic rings. The van der Waals surface area contributed by atoms with Crippen molar-refractivity contribution in [2.45, 2.75) is 50.0 Å². The van der Waals surface area contributed by atoms with Crippen molar-refractivity contribution < 1.29 is 14.3 Å². The number of aromatic nitrogens is 4. The summed E-state index contributed by atoms with van der Waals surface area (Å²) in [5.41, 5.74) is 0.610. The Bertz CT molecular complexity index is 1230. The Hall–Kier alpha value is -3.47. The lowest BCUT2D eigenvalue weighted by molar-refractivity contribution is 0.0448. The molecule has 168 valence electrons. The van der Waals surface area contributed by atoms with E-state index in [0.29, 0.717) is 42.2 Å². The van der Waals surface area contributed by atoms with Crippen molar-refractivity contribution in [3.05, 3.63) is 46.5 Å². The van der Waals surface area contributed by atoms with E-state index in [1.165, 1.54) is 15.3 Å². The number of aliphatic hydroxyl groups is 1. The summed E-state index contributed by atoms with van der Waals surface area (Å²) in [4.78, 5) is 30.1. The SMILES string of the molecule is CNc1cc(Nc2cccn(C3CC(F)C3)c2=O)nc2c(C(=O)NC3CCC3O)cnn12. The zero-order valence-electron chi connectivity index (χ0n) is 17.5. The van der Waals surface area contributed by atoms with Crippen LogP contribution in [0.5, 0.6) is 0 Å². The summed E-state index contributed by atoms with van der Waals surface area (Å²) >= 11 is 0. The molecule has 3 heterocycles. The molecule has 32 heavy (non-hydrogen) atoms. The lowest BCUT2D eigenvalue weighted by atomic mass is 9.89. The van der Waals surface area contributed by atoms with Crippen LogP contribution >= 0.6 is 0 Å². The molecule has 1 amide bonds. The normalized spacial score (nSPS) is 24.5. The predicted octanol–water partition coefficient (Wildman–Crippen LogP) is 1.60. The summed E-state index contributed by atoms with van der Waals surface area (Å²) in [6.45, 7) is 0. The van der Waals surface area contributed by atoms with Gasteiger partial charge >= 0.3 is 0 Å². The Morgan fingerprint density at radius 3 is 2.78 bits per heavy atom. The fraction of sp³-hybridized carbons (Fsp3) is 0.429. The van der Waals surface area contributed by atoms with Gasteiger partial charge in [0.2, 0.25) is 0 Å². The maximum Gasteiger partial charge on any atom is 0.274 e. The second-order valence-electron chi connectivity index (χ2n) is 8.28. The second-order valence-corrected chi connectivity index (χ2v) is 8.28. The highest BCUT2D eigenvalue weighted by Crippen LogP contribution is 2.33. The average Bonchev–Trinajstić information content (AvgIpc) is 3.19. The number of alkyl halides is 1. The molecule has 2 aliphatic carbocycles. The molecule has 2 fully saturated rings. The van der Waals surface area contributed by atoms with Gasteiger partial charge in [0.1, 0.15) is 29.1 Å². The van der Waals surface area contributed by atoms with E-state index >= 15 is 0 Å². The molecule has 0 aliphatic heterocycles. The van der Waals surface area contributed by atoms with E-state index in [-0.39, 0.29) is 29.1 Å². The first kappa shape index (κ1) is 20.4. The first-order chi connectivity index (χ1) is 15.4. The Morgan fingerprint density at radius 2 is 2.12 bits per heavy atom. The molecule has 0 bridgehead atoms. The molecule has 3 aromatic rings. The smallest absolute Gasteiger partial charge is 0.274 e. The molecule has 5 rings (SSSR count). The number of rotatable bonds is 6. The lowest BCUT2D eigenvalue weighted by Crippen LogP contribution is -2.50. The third kappa shape index (κ3) is 3.48. The van der Waals surface area contributed by atoms with Crippen LogP contribution in [0.4, 0.5) is 21.7 Å². The van der Waals surface area contributed by atoms with Gasteiger partial charge in [0.25, 0.3) is 11.5 Å². The Kier molecular flexibility index (Phi) is 5.04. The molecule has 10 nitrogen and oxygen atoms in total. The van der Waals surface area contributed by atoms with Crippen LogP contribution in [0.1, 0.15) is 42.1 Å². The van der Waals surface area contributed by atoms with Gasteiger partial charge in [0.15, 0.2) is 5.65 Å². The predicted molar refractivity (Wildman–Crippen MR) is 116 cm³/mol. The van der Waals surface area contributed by atoms with Crippen molar-refractivity contribution in [2.24, 2.45) is 0 Å². The van der Waals surface area contributed by atoms with Gasteiger partial charge in [0.05, 0.1) is 18.3 Å². The number of hydrogen-bond donors (Lipinski definition) is 4. The topological polar surface area (TPSA) is 126 Å². The van der Waals surface area contributed by atoms with Crippen LogP contribution in [0.25, 0.3) is 5.65 Å². The summed E-state index contributed by atoms with van der Waals surface area (Å²) in [5, 5.41) is 22.9. The van der Waals surface area contributed by atoms with E-state index in [9.17, 15) is 19.1 Å². The Labute approximate surface area is 182 Å². The van der Waals surface area contributed by atoms with Gasteiger partial charge < -0.3 is 25.6 Å². The number of pyridine rings is 1. The Balaban J connectivity index is 1.46. The van der Waals surface area contributed by atoms with E-state index in [2.05, 4.69) is 26.0 Å². The zero-order chi connectivity index (χ0) is 22.4. The minimum absolute atomic E-state index is 0.144. The largest absolute Gasteiger partial charge is 0.391 e. The maximum atomic E-state index is 13.3. The number of halogens is 1. The number of carbonyl (C=O) groups is 1. The first-order valence-electron chi connectivity index (χ1n) is 10.6. The van der Waals surface area contributed by atoms with Crippen molar-refractivity contribution in [1.82, 2.24) is 24.5 Å². The lowest BCUT2D eigenvalue weighted by Gasteiger charge is -2.32. The molecule has 2 unspecified atom stereocenters. The molecule has 0 radical (unpaired) electrons. The fourth-order valence-electron chi connectivity index (χ4n) is 4.04. The number of nitrogens with one attached hydrogen (secondary N) is 3. The number of fused-ring (bicyclic) bond motifs is 1. The van der Waals surface area contributed by atoms with Gasteiger partial charge in [-0.2, -0.15) is 9.61 Å². The third-order valence-electron chi connectivity index (χ3n) is 6.21. The monoisotopic (exact) mass is 441 g/mol. The van der Waals surface area contributed by atoms with E-state index in [1.54, 1.807) is 31.4 Å².